The highest BCUT2D eigenvalue weighted by atomic mass is 32.1. The summed E-state index contributed by atoms with van der Waals surface area (Å²) in [5, 5.41) is 9.09. The summed E-state index contributed by atoms with van der Waals surface area (Å²) in [6, 6.07) is 12.3. The molecule has 0 amide bonds. The van der Waals surface area contributed by atoms with Gasteiger partial charge in [-0.3, -0.25) is 0 Å². The number of thiophene rings is 1. The first-order valence-electron chi connectivity index (χ1n) is 5.14. The normalized spacial score (nSPS) is 11.2. The standard InChI is InChI=1S/C14H10FNS/c1-10-6-7-12(17-10)8-11(9-16)13-4-2-3-5-14(13)15/h2-8H,1H3. The summed E-state index contributed by atoms with van der Waals surface area (Å²) in [5.41, 5.74) is 0.700. The number of hydrogen-bond donors (Lipinski definition) is 0. The van der Waals surface area contributed by atoms with Crippen LogP contribution in [0.1, 0.15) is 15.3 Å². The first kappa shape index (κ1) is 11.6. The fourth-order valence-electron chi connectivity index (χ4n) is 1.52. The van der Waals surface area contributed by atoms with Crippen molar-refractivity contribution in [3.63, 3.8) is 0 Å². The van der Waals surface area contributed by atoms with Crippen molar-refractivity contribution in [1.29, 1.82) is 5.26 Å². The number of nitrogens with zero attached hydrogens (tertiary/aromatic N) is 1. The van der Waals surface area contributed by atoms with Crippen LogP contribution in [0.2, 0.25) is 0 Å². The largest absolute Gasteiger partial charge is 0.206 e. The highest BCUT2D eigenvalue weighted by molar-refractivity contribution is 7.12. The van der Waals surface area contributed by atoms with Crippen molar-refractivity contribution < 1.29 is 4.39 Å². The van der Waals surface area contributed by atoms with Gasteiger partial charge in [-0.1, -0.05) is 18.2 Å². The maximum absolute atomic E-state index is 13.5. The molecule has 0 bridgehead atoms. The van der Waals surface area contributed by atoms with Gasteiger partial charge >= 0.3 is 0 Å². The Bertz CT molecular complexity index is 605. The minimum Gasteiger partial charge on any atom is -0.206 e. The van der Waals surface area contributed by atoms with Gasteiger partial charge < -0.3 is 0 Å². The van der Waals surface area contributed by atoms with E-state index < -0.39 is 0 Å². The predicted octanol–water partition coefficient (Wildman–Crippen LogP) is 4.26. The number of aryl methyl sites for hydroxylation is 1. The van der Waals surface area contributed by atoms with E-state index in [9.17, 15) is 4.39 Å². The third kappa shape index (κ3) is 2.61. The molecule has 0 unspecified atom stereocenters. The molecule has 2 aromatic rings. The topological polar surface area (TPSA) is 23.8 Å². The van der Waals surface area contributed by atoms with Gasteiger partial charge in [0, 0.05) is 15.3 Å². The summed E-state index contributed by atoms with van der Waals surface area (Å²) >= 11 is 1.58. The molecule has 0 aliphatic carbocycles. The predicted molar refractivity (Wildman–Crippen MR) is 68.9 cm³/mol. The van der Waals surface area contributed by atoms with Crippen molar-refractivity contribution in [3.05, 3.63) is 57.5 Å². The van der Waals surface area contributed by atoms with E-state index in [1.807, 2.05) is 25.1 Å². The van der Waals surface area contributed by atoms with E-state index in [1.54, 1.807) is 35.6 Å². The van der Waals surface area contributed by atoms with Crippen LogP contribution in [-0.2, 0) is 0 Å². The lowest BCUT2D eigenvalue weighted by Gasteiger charge is -1.99. The van der Waals surface area contributed by atoms with Crippen LogP contribution in [0.25, 0.3) is 11.6 Å². The van der Waals surface area contributed by atoms with E-state index in [4.69, 9.17) is 5.26 Å². The second-order valence-electron chi connectivity index (χ2n) is 3.60. The average molecular weight is 243 g/mol. The first-order valence-corrected chi connectivity index (χ1v) is 5.95. The van der Waals surface area contributed by atoms with Gasteiger partial charge in [0.15, 0.2) is 0 Å². The van der Waals surface area contributed by atoms with Gasteiger partial charge in [-0.2, -0.15) is 5.26 Å². The molecular weight excluding hydrogens is 233 g/mol. The van der Waals surface area contributed by atoms with Crippen molar-refractivity contribution in [2.24, 2.45) is 0 Å². The molecule has 0 aliphatic heterocycles. The smallest absolute Gasteiger partial charge is 0.131 e. The fraction of sp³-hybridized carbons (Fsp3) is 0.0714. The molecule has 1 heterocycles. The molecule has 3 heteroatoms. The zero-order valence-electron chi connectivity index (χ0n) is 9.27. The van der Waals surface area contributed by atoms with Gasteiger partial charge in [-0.15, -0.1) is 11.3 Å². The molecule has 0 N–H and O–H groups in total. The molecule has 0 fully saturated rings. The van der Waals surface area contributed by atoms with Crippen LogP contribution in [0.15, 0.2) is 36.4 Å². The van der Waals surface area contributed by atoms with E-state index in [0.29, 0.717) is 11.1 Å². The summed E-state index contributed by atoms with van der Waals surface area (Å²) in [5.74, 6) is -0.367. The summed E-state index contributed by atoms with van der Waals surface area (Å²) in [7, 11) is 0. The van der Waals surface area contributed by atoms with Crippen LogP contribution in [0.5, 0.6) is 0 Å². The molecule has 84 valence electrons. The van der Waals surface area contributed by atoms with Gasteiger partial charge in [0.05, 0.1) is 11.6 Å². The van der Waals surface area contributed by atoms with Crippen LogP contribution in [-0.4, -0.2) is 0 Å². The Hall–Kier alpha value is -1.92. The lowest BCUT2D eigenvalue weighted by atomic mass is 10.1. The molecule has 1 nitrogen and oxygen atoms in total. The van der Waals surface area contributed by atoms with Crippen molar-refractivity contribution in [1.82, 2.24) is 0 Å². The van der Waals surface area contributed by atoms with E-state index in [-0.39, 0.29) is 5.82 Å². The Balaban J connectivity index is 2.45. The van der Waals surface area contributed by atoms with Gasteiger partial charge in [0.2, 0.25) is 0 Å². The van der Waals surface area contributed by atoms with E-state index in [1.165, 1.54) is 10.9 Å². The zero-order chi connectivity index (χ0) is 12.3. The maximum Gasteiger partial charge on any atom is 0.131 e. The molecule has 0 aliphatic rings. The quantitative estimate of drug-likeness (QED) is 0.723. The molecule has 0 saturated heterocycles. The molecule has 17 heavy (non-hydrogen) atoms. The Kier molecular flexibility index (Phi) is 3.36. The number of benzene rings is 1. The van der Waals surface area contributed by atoms with Crippen LogP contribution in [0.3, 0.4) is 0 Å². The first-order chi connectivity index (χ1) is 8.20. The van der Waals surface area contributed by atoms with Crippen LogP contribution >= 0.6 is 11.3 Å². The number of halogens is 1. The molecule has 2 rings (SSSR count). The molecule has 0 spiro atoms. The van der Waals surface area contributed by atoms with Crippen molar-refractivity contribution in [2.75, 3.05) is 0 Å². The summed E-state index contributed by atoms with van der Waals surface area (Å²) in [4.78, 5) is 2.13. The Morgan fingerprint density at radius 3 is 2.65 bits per heavy atom. The number of nitriles is 1. The number of hydrogen-bond acceptors (Lipinski definition) is 2. The molecule has 0 radical (unpaired) electrons. The molecule has 0 saturated carbocycles. The van der Waals surface area contributed by atoms with Gasteiger partial charge in [-0.05, 0) is 31.2 Å². The summed E-state index contributed by atoms with van der Waals surface area (Å²) in [6.45, 7) is 2.00. The van der Waals surface area contributed by atoms with Crippen molar-refractivity contribution >= 4 is 23.0 Å². The third-order valence-corrected chi connectivity index (χ3v) is 3.28. The average Bonchev–Trinajstić information content (AvgIpc) is 2.73. The maximum atomic E-state index is 13.5. The molecule has 0 atom stereocenters. The Morgan fingerprint density at radius 2 is 2.06 bits per heavy atom. The van der Waals surface area contributed by atoms with Crippen molar-refractivity contribution in [2.45, 2.75) is 6.92 Å². The van der Waals surface area contributed by atoms with E-state index in [2.05, 4.69) is 0 Å². The number of allylic oxidation sites excluding steroid dienone is 1. The molecule has 1 aromatic heterocycles. The second-order valence-corrected chi connectivity index (χ2v) is 4.92. The summed E-state index contributed by atoms with van der Waals surface area (Å²) in [6.07, 6.45) is 1.72. The van der Waals surface area contributed by atoms with Gasteiger partial charge in [0.25, 0.3) is 0 Å². The van der Waals surface area contributed by atoms with Gasteiger partial charge in [-0.25, -0.2) is 4.39 Å². The number of rotatable bonds is 2. The van der Waals surface area contributed by atoms with Crippen LogP contribution in [0, 0.1) is 24.1 Å². The lowest BCUT2D eigenvalue weighted by Crippen LogP contribution is -1.86. The molecular formula is C14H10FNS. The minimum atomic E-state index is -0.367. The fourth-order valence-corrected chi connectivity index (χ4v) is 2.34. The SMILES string of the molecule is Cc1ccc(C=C(C#N)c2ccccc2F)s1. The van der Waals surface area contributed by atoms with E-state index >= 15 is 0 Å². The highest BCUT2D eigenvalue weighted by Crippen LogP contribution is 2.24. The van der Waals surface area contributed by atoms with Crippen LogP contribution < -0.4 is 0 Å². The lowest BCUT2D eigenvalue weighted by molar-refractivity contribution is 0.624. The minimum absolute atomic E-state index is 0.348. The third-order valence-electron chi connectivity index (χ3n) is 2.33. The monoisotopic (exact) mass is 243 g/mol. The van der Waals surface area contributed by atoms with E-state index in [0.717, 1.165) is 4.88 Å². The highest BCUT2D eigenvalue weighted by Gasteiger charge is 2.07. The van der Waals surface area contributed by atoms with Crippen LogP contribution in [0.4, 0.5) is 4.39 Å². The van der Waals surface area contributed by atoms with Gasteiger partial charge in [0.1, 0.15) is 5.82 Å². The second kappa shape index (κ2) is 4.94. The Labute approximate surface area is 103 Å². The Morgan fingerprint density at radius 1 is 1.29 bits per heavy atom. The van der Waals surface area contributed by atoms with Crippen molar-refractivity contribution in [3.8, 4) is 6.07 Å². The zero-order valence-corrected chi connectivity index (χ0v) is 10.1. The summed E-state index contributed by atoms with van der Waals surface area (Å²) < 4.78 is 13.5. The molecule has 1 aromatic carbocycles.